The molecule has 2 aromatic carbocycles. The second-order valence-corrected chi connectivity index (χ2v) is 7.47. The molecular weight excluding hydrogens is 354 g/mol. The van der Waals surface area contributed by atoms with Crippen LogP contribution in [0.25, 0.3) is 0 Å². The van der Waals surface area contributed by atoms with Crippen molar-refractivity contribution in [1.82, 2.24) is 0 Å². The maximum absolute atomic E-state index is 13.2. The van der Waals surface area contributed by atoms with E-state index in [1.807, 2.05) is 0 Å². The fourth-order valence-electron chi connectivity index (χ4n) is 4.23. The van der Waals surface area contributed by atoms with Crippen LogP contribution in [0.1, 0.15) is 63.9 Å². The Kier molecular flexibility index (Phi) is 5.05. The summed E-state index contributed by atoms with van der Waals surface area (Å²) in [5.74, 6) is -0.455. The molecule has 5 N–H and O–H groups in total. The highest BCUT2D eigenvalue weighted by molar-refractivity contribution is 6.32. The Morgan fingerprint density at radius 1 is 0.964 bits per heavy atom. The van der Waals surface area contributed by atoms with Crippen molar-refractivity contribution >= 4 is 28.6 Å². The molecule has 0 saturated heterocycles. The Labute approximate surface area is 164 Å². The number of ketones is 2. The summed E-state index contributed by atoms with van der Waals surface area (Å²) in [5.41, 5.74) is 9.26. The number of hydrogen-bond acceptors (Lipinski definition) is 6. The Morgan fingerprint density at radius 2 is 1.61 bits per heavy atom. The summed E-state index contributed by atoms with van der Waals surface area (Å²) >= 11 is 0. The summed E-state index contributed by atoms with van der Waals surface area (Å²) in [7, 11) is 0. The smallest absolute Gasteiger partial charge is 0.196 e. The minimum Gasteiger partial charge on any atom is -0.396 e. The first kappa shape index (κ1) is 18.5. The van der Waals surface area contributed by atoms with E-state index in [0.29, 0.717) is 39.8 Å². The highest BCUT2D eigenvalue weighted by Crippen LogP contribution is 2.40. The van der Waals surface area contributed by atoms with Crippen LogP contribution in [0.5, 0.6) is 0 Å². The average Bonchev–Trinajstić information content (AvgIpc) is 2.73. The van der Waals surface area contributed by atoms with Gasteiger partial charge in [0.05, 0.1) is 29.1 Å². The van der Waals surface area contributed by atoms with Gasteiger partial charge in [0, 0.05) is 29.4 Å². The molecule has 6 heteroatoms. The van der Waals surface area contributed by atoms with Crippen LogP contribution in [-0.4, -0.2) is 35.9 Å². The largest absolute Gasteiger partial charge is 0.396 e. The van der Waals surface area contributed by atoms with E-state index >= 15 is 0 Å². The summed E-state index contributed by atoms with van der Waals surface area (Å²) in [6.07, 6.45) is 5.70. The molecule has 0 aliphatic heterocycles. The van der Waals surface area contributed by atoms with Gasteiger partial charge >= 0.3 is 0 Å². The molecule has 1 fully saturated rings. The van der Waals surface area contributed by atoms with Gasteiger partial charge in [-0.2, -0.15) is 0 Å². The molecule has 2 aliphatic carbocycles. The highest BCUT2D eigenvalue weighted by atomic mass is 16.3. The third kappa shape index (κ3) is 3.14. The van der Waals surface area contributed by atoms with E-state index in [2.05, 4.69) is 10.6 Å². The molecule has 4 rings (SSSR count). The van der Waals surface area contributed by atoms with Crippen molar-refractivity contribution in [3.8, 4) is 0 Å². The second-order valence-electron chi connectivity index (χ2n) is 7.47. The van der Waals surface area contributed by atoms with Crippen molar-refractivity contribution in [1.29, 1.82) is 0 Å². The van der Waals surface area contributed by atoms with Crippen LogP contribution in [0.15, 0.2) is 30.3 Å². The summed E-state index contributed by atoms with van der Waals surface area (Å²) < 4.78 is 0. The zero-order valence-corrected chi connectivity index (χ0v) is 15.8. The number of rotatable bonds is 5. The van der Waals surface area contributed by atoms with Gasteiger partial charge in [-0.15, -0.1) is 0 Å². The molecule has 6 nitrogen and oxygen atoms in total. The number of nitrogens with two attached hydrogens (primary N) is 1. The number of anilines is 3. The van der Waals surface area contributed by atoms with E-state index in [9.17, 15) is 14.7 Å². The average molecular weight is 379 g/mol. The number of nitrogens with one attached hydrogen (secondary N) is 2. The van der Waals surface area contributed by atoms with Gasteiger partial charge in [-0.3, -0.25) is 9.59 Å². The van der Waals surface area contributed by atoms with Crippen LogP contribution in [0.4, 0.5) is 17.1 Å². The van der Waals surface area contributed by atoms with E-state index in [1.165, 1.54) is 19.3 Å². The summed E-state index contributed by atoms with van der Waals surface area (Å²) in [5, 5.41) is 15.8. The number of benzene rings is 2. The summed E-state index contributed by atoms with van der Waals surface area (Å²) in [6, 6.07) is 8.94. The molecule has 0 aromatic heterocycles. The van der Waals surface area contributed by atoms with E-state index in [0.717, 1.165) is 12.8 Å². The number of hydrogen-bond donors (Lipinski definition) is 4. The van der Waals surface area contributed by atoms with Crippen molar-refractivity contribution in [2.24, 2.45) is 0 Å². The van der Waals surface area contributed by atoms with Gasteiger partial charge in [0.2, 0.25) is 0 Å². The van der Waals surface area contributed by atoms with Crippen molar-refractivity contribution in [2.75, 3.05) is 29.5 Å². The van der Waals surface area contributed by atoms with Crippen LogP contribution < -0.4 is 16.4 Å². The summed E-state index contributed by atoms with van der Waals surface area (Å²) in [6.45, 7) is 0.200. The molecule has 146 valence electrons. The SMILES string of the molecule is Nc1c(NC2CCCCC2)cc(NCCO)c2c1C(=O)c1ccccc1C2=O. The van der Waals surface area contributed by atoms with Crippen LogP contribution in [0.3, 0.4) is 0 Å². The number of aliphatic hydroxyl groups is 1. The first-order chi connectivity index (χ1) is 13.6. The number of fused-ring (bicyclic) bond motifs is 2. The third-order valence-electron chi connectivity index (χ3n) is 5.63. The fourth-order valence-corrected chi connectivity index (χ4v) is 4.23. The molecule has 0 heterocycles. The molecule has 1 saturated carbocycles. The lowest BCUT2D eigenvalue weighted by Gasteiger charge is -2.28. The standard InChI is InChI=1S/C22H25N3O3/c23-20-17(25-13-6-2-1-3-7-13)12-16(24-10-11-26)18-19(20)22(28)15-9-5-4-8-14(15)21(18)27/h4-5,8-9,12-13,24-26H,1-3,6-7,10-11,23H2. The lowest BCUT2D eigenvalue weighted by Crippen LogP contribution is -2.27. The lowest BCUT2D eigenvalue weighted by atomic mass is 9.81. The predicted molar refractivity (Wildman–Crippen MR) is 110 cm³/mol. The van der Waals surface area contributed by atoms with E-state index in [1.54, 1.807) is 30.3 Å². The Hall–Kier alpha value is -2.86. The summed E-state index contributed by atoms with van der Waals surface area (Å²) in [4.78, 5) is 26.4. The number of carbonyl (C=O) groups is 2. The van der Waals surface area contributed by atoms with Crippen molar-refractivity contribution in [3.63, 3.8) is 0 Å². The first-order valence-corrected chi connectivity index (χ1v) is 9.88. The Bertz CT molecular complexity index is 933. The monoisotopic (exact) mass is 379 g/mol. The van der Waals surface area contributed by atoms with E-state index in [4.69, 9.17) is 5.73 Å². The normalized spacial score (nSPS) is 16.5. The van der Waals surface area contributed by atoms with Crippen LogP contribution in [0, 0.1) is 0 Å². The lowest BCUT2D eigenvalue weighted by molar-refractivity contribution is 0.0980. The van der Waals surface area contributed by atoms with Crippen LogP contribution in [0.2, 0.25) is 0 Å². The highest BCUT2D eigenvalue weighted by Gasteiger charge is 2.34. The van der Waals surface area contributed by atoms with Crippen molar-refractivity contribution in [2.45, 2.75) is 38.1 Å². The molecule has 0 atom stereocenters. The fraction of sp³-hybridized carbons (Fsp3) is 0.364. The van der Waals surface area contributed by atoms with Gasteiger partial charge < -0.3 is 21.5 Å². The molecular formula is C22H25N3O3. The molecule has 0 spiro atoms. The molecule has 2 aromatic rings. The molecule has 0 amide bonds. The van der Waals surface area contributed by atoms with Crippen LogP contribution in [-0.2, 0) is 0 Å². The van der Waals surface area contributed by atoms with Crippen molar-refractivity contribution < 1.29 is 14.7 Å². The van der Waals surface area contributed by atoms with Gasteiger partial charge in [-0.25, -0.2) is 0 Å². The van der Waals surface area contributed by atoms with Gasteiger partial charge in [0.15, 0.2) is 11.6 Å². The number of nitrogen functional groups attached to an aromatic ring is 1. The quantitative estimate of drug-likeness (QED) is 0.508. The minimum atomic E-state index is -0.234. The second kappa shape index (κ2) is 7.64. The van der Waals surface area contributed by atoms with E-state index in [-0.39, 0.29) is 30.3 Å². The molecule has 0 radical (unpaired) electrons. The minimum absolute atomic E-state index is 0.0801. The number of aliphatic hydroxyl groups excluding tert-OH is 1. The van der Waals surface area contributed by atoms with Gasteiger partial charge in [0.25, 0.3) is 0 Å². The first-order valence-electron chi connectivity index (χ1n) is 9.88. The Balaban J connectivity index is 1.83. The zero-order chi connectivity index (χ0) is 19.7. The zero-order valence-electron chi connectivity index (χ0n) is 15.8. The third-order valence-corrected chi connectivity index (χ3v) is 5.63. The van der Waals surface area contributed by atoms with Gasteiger partial charge in [-0.1, -0.05) is 43.5 Å². The maximum atomic E-state index is 13.2. The van der Waals surface area contributed by atoms with Crippen molar-refractivity contribution in [3.05, 3.63) is 52.6 Å². The molecule has 0 unspecified atom stereocenters. The molecule has 2 aliphatic rings. The predicted octanol–water partition coefficient (Wildman–Crippen LogP) is 3.19. The molecule has 28 heavy (non-hydrogen) atoms. The van der Waals surface area contributed by atoms with E-state index < -0.39 is 0 Å². The van der Waals surface area contributed by atoms with Crippen LogP contribution >= 0.6 is 0 Å². The maximum Gasteiger partial charge on any atom is 0.196 e. The Morgan fingerprint density at radius 3 is 2.25 bits per heavy atom. The van der Waals surface area contributed by atoms with Gasteiger partial charge in [0.1, 0.15) is 0 Å². The van der Waals surface area contributed by atoms with Gasteiger partial charge in [-0.05, 0) is 18.9 Å². The topological polar surface area (TPSA) is 104 Å². The number of carbonyl (C=O) groups excluding carboxylic acids is 2. The molecule has 0 bridgehead atoms.